The van der Waals surface area contributed by atoms with Crippen molar-refractivity contribution in [2.45, 2.75) is 51.0 Å². The summed E-state index contributed by atoms with van der Waals surface area (Å²) in [6.07, 6.45) is 5.22. The first kappa shape index (κ1) is 12.6. The van der Waals surface area contributed by atoms with Crippen LogP contribution >= 0.6 is 0 Å². The fourth-order valence-electron chi connectivity index (χ4n) is 1.94. The number of carbonyl (C=O) groups excluding carboxylic acids is 1. The van der Waals surface area contributed by atoms with E-state index in [0.29, 0.717) is 5.69 Å². The quantitative estimate of drug-likeness (QED) is 0.765. The Hall–Kier alpha value is -1.83. The van der Waals surface area contributed by atoms with E-state index in [4.69, 9.17) is 4.74 Å². The first-order valence-corrected chi connectivity index (χ1v) is 6.05. The number of ether oxygens (including phenoxy) is 1. The SMILES string of the molecule is CC(C)(C)OC(=O)n1cnc(C2(C#N)CCC2)c1. The highest BCUT2D eigenvalue weighted by molar-refractivity contribution is 5.70. The molecule has 1 fully saturated rings. The molecule has 0 amide bonds. The van der Waals surface area contributed by atoms with Crippen LogP contribution in [0.25, 0.3) is 0 Å². The van der Waals surface area contributed by atoms with Crippen LogP contribution in [0.2, 0.25) is 0 Å². The van der Waals surface area contributed by atoms with Gasteiger partial charge in [-0.3, -0.25) is 0 Å². The van der Waals surface area contributed by atoms with Crippen molar-refractivity contribution in [3.05, 3.63) is 18.2 Å². The highest BCUT2D eigenvalue weighted by atomic mass is 16.6. The molecule has 0 atom stereocenters. The lowest BCUT2D eigenvalue weighted by Crippen LogP contribution is -2.32. The average molecular weight is 247 g/mol. The Morgan fingerprint density at radius 2 is 2.22 bits per heavy atom. The first-order chi connectivity index (χ1) is 8.36. The number of carbonyl (C=O) groups is 1. The predicted octanol–water partition coefficient (Wildman–Crippen LogP) is 2.61. The van der Waals surface area contributed by atoms with Crippen LogP contribution in [0.15, 0.2) is 12.5 Å². The van der Waals surface area contributed by atoms with Gasteiger partial charge >= 0.3 is 6.09 Å². The first-order valence-electron chi connectivity index (χ1n) is 6.05. The highest BCUT2D eigenvalue weighted by Crippen LogP contribution is 2.42. The lowest BCUT2D eigenvalue weighted by molar-refractivity contribution is 0.0536. The lowest BCUT2D eigenvalue weighted by Gasteiger charge is -2.33. The van der Waals surface area contributed by atoms with E-state index in [-0.39, 0.29) is 0 Å². The number of aromatic nitrogens is 2. The third-order valence-corrected chi connectivity index (χ3v) is 3.10. The molecule has 0 N–H and O–H groups in total. The minimum absolute atomic E-state index is 0.464. The van der Waals surface area contributed by atoms with Crippen LogP contribution in [-0.4, -0.2) is 21.2 Å². The summed E-state index contributed by atoms with van der Waals surface area (Å²) >= 11 is 0. The third kappa shape index (κ3) is 2.23. The molecule has 1 aromatic heterocycles. The fourth-order valence-corrected chi connectivity index (χ4v) is 1.94. The van der Waals surface area contributed by atoms with Gasteiger partial charge in [0.1, 0.15) is 17.3 Å². The van der Waals surface area contributed by atoms with Crippen molar-refractivity contribution in [2.75, 3.05) is 0 Å². The monoisotopic (exact) mass is 247 g/mol. The maximum absolute atomic E-state index is 11.8. The Balaban J connectivity index is 2.16. The van der Waals surface area contributed by atoms with Crippen LogP contribution in [0.3, 0.4) is 0 Å². The normalized spacial score (nSPS) is 17.7. The predicted molar refractivity (Wildman–Crippen MR) is 65.0 cm³/mol. The van der Waals surface area contributed by atoms with Gasteiger partial charge in [0.2, 0.25) is 0 Å². The summed E-state index contributed by atoms with van der Waals surface area (Å²) in [7, 11) is 0. The molecule has 18 heavy (non-hydrogen) atoms. The maximum atomic E-state index is 11.8. The summed E-state index contributed by atoms with van der Waals surface area (Å²) in [5.74, 6) is 0. The van der Waals surface area contributed by atoms with Gasteiger partial charge in [-0.25, -0.2) is 14.3 Å². The Labute approximate surface area is 106 Å². The van der Waals surface area contributed by atoms with Crippen molar-refractivity contribution in [3.63, 3.8) is 0 Å². The second-order valence-electron chi connectivity index (χ2n) is 5.69. The zero-order chi connectivity index (χ0) is 13.4. The van der Waals surface area contributed by atoms with E-state index >= 15 is 0 Å². The summed E-state index contributed by atoms with van der Waals surface area (Å²) in [5.41, 5.74) is -0.361. The minimum Gasteiger partial charge on any atom is -0.443 e. The van der Waals surface area contributed by atoms with Crippen LogP contribution in [0.4, 0.5) is 4.79 Å². The Morgan fingerprint density at radius 1 is 1.56 bits per heavy atom. The molecule has 1 saturated carbocycles. The van der Waals surface area contributed by atoms with Gasteiger partial charge in [-0.1, -0.05) is 0 Å². The number of rotatable bonds is 1. The van der Waals surface area contributed by atoms with Crippen LogP contribution in [0.5, 0.6) is 0 Å². The second kappa shape index (κ2) is 4.13. The van der Waals surface area contributed by atoms with Gasteiger partial charge in [-0.15, -0.1) is 0 Å². The smallest absolute Gasteiger partial charge is 0.419 e. The molecule has 2 rings (SSSR count). The molecule has 0 saturated heterocycles. The minimum atomic E-state index is -0.537. The van der Waals surface area contributed by atoms with E-state index in [2.05, 4.69) is 11.1 Å². The molecule has 1 aliphatic rings. The molecule has 0 aliphatic heterocycles. The van der Waals surface area contributed by atoms with E-state index in [1.807, 2.05) is 20.8 Å². The molecule has 0 spiro atoms. The van der Waals surface area contributed by atoms with Crippen molar-refractivity contribution in [1.29, 1.82) is 5.26 Å². The van der Waals surface area contributed by atoms with Crippen LogP contribution in [0.1, 0.15) is 45.7 Å². The lowest BCUT2D eigenvalue weighted by atomic mass is 9.68. The molecule has 1 aromatic rings. The van der Waals surface area contributed by atoms with Gasteiger partial charge < -0.3 is 4.74 Å². The number of nitriles is 1. The fraction of sp³-hybridized carbons (Fsp3) is 0.615. The number of hydrogen-bond acceptors (Lipinski definition) is 4. The number of hydrogen-bond donors (Lipinski definition) is 0. The highest BCUT2D eigenvalue weighted by Gasteiger charge is 2.41. The maximum Gasteiger partial charge on any atom is 0.419 e. The van der Waals surface area contributed by atoms with Gasteiger partial charge in [0.15, 0.2) is 0 Å². The molecule has 96 valence electrons. The summed E-state index contributed by atoms with van der Waals surface area (Å²) in [6, 6.07) is 2.30. The zero-order valence-electron chi connectivity index (χ0n) is 10.9. The molecule has 0 radical (unpaired) electrons. The molecule has 5 heteroatoms. The van der Waals surface area contributed by atoms with E-state index in [1.165, 1.54) is 10.9 Å². The van der Waals surface area contributed by atoms with Gasteiger partial charge in [0.25, 0.3) is 0 Å². The summed E-state index contributed by atoms with van der Waals surface area (Å²) in [6.45, 7) is 5.43. The summed E-state index contributed by atoms with van der Waals surface area (Å²) in [4.78, 5) is 16.0. The Bertz CT molecular complexity index is 501. The Kier molecular flexibility index (Phi) is 2.89. The molecule has 1 heterocycles. The van der Waals surface area contributed by atoms with Crippen molar-refractivity contribution >= 4 is 6.09 Å². The molecule has 1 aliphatic carbocycles. The van der Waals surface area contributed by atoms with E-state index in [9.17, 15) is 10.1 Å². The molecule has 0 aromatic carbocycles. The third-order valence-electron chi connectivity index (χ3n) is 3.10. The standard InChI is InChI=1S/C13H17N3O2/c1-12(2,3)18-11(17)16-7-10(15-9-16)13(8-14)5-4-6-13/h7,9H,4-6H2,1-3H3. The molecular formula is C13H17N3O2. The van der Waals surface area contributed by atoms with Gasteiger partial charge in [0, 0.05) is 6.20 Å². The van der Waals surface area contributed by atoms with E-state index < -0.39 is 17.1 Å². The van der Waals surface area contributed by atoms with Crippen molar-refractivity contribution < 1.29 is 9.53 Å². The summed E-state index contributed by atoms with van der Waals surface area (Å²) in [5, 5.41) is 9.21. The summed E-state index contributed by atoms with van der Waals surface area (Å²) < 4.78 is 6.54. The van der Waals surface area contributed by atoms with Gasteiger partial charge in [-0.2, -0.15) is 5.26 Å². The number of imidazole rings is 1. The topological polar surface area (TPSA) is 67.9 Å². The zero-order valence-corrected chi connectivity index (χ0v) is 10.9. The van der Waals surface area contributed by atoms with Crippen molar-refractivity contribution in [1.82, 2.24) is 9.55 Å². The molecular weight excluding hydrogens is 230 g/mol. The van der Waals surface area contributed by atoms with E-state index in [1.54, 1.807) is 6.20 Å². The average Bonchev–Trinajstić information content (AvgIpc) is 2.64. The Morgan fingerprint density at radius 3 is 2.67 bits per heavy atom. The largest absolute Gasteiger partial charge is 0.443 e. The van der Waals surface area contributed by atoms with Crippen molar-refractivity contribution in [3.8, 4) is 6.07 Å². The van der Waals surface area contributed by atoms with Crippen LogP contribution in [0, 0.1) is 11.3 Å². The molecule has 5 nitrogen and oxygen atoms in total. The van der Waals surface area contributed by atoms with E-state index in [0.717, 1.165) is 19.3 Å². The van der Waals surface area contributed by atoms with Gasteiger partial charge in [-0.05, 0) is 40.0 Å². The van der Waals surface area contributed by atoms with Crippen LogP contribution < -0.4 is 0 Å². The van der Waals surface area contributed by atoms with Crippen LogP contribution in [-0.2, 0) is 10.2 Å². The number of nitrogens with zero attached hydrogens (tertiary/aromatic N) is 3. The van der Waals surface area contributed by atoms with Gasteiger partial charge in [0.05, 0.1) is 11.8 Å². The molecule has 0 bridgehead atoms. The molecule has 0 unspecified atom stereocenters. The second-order valence-corrected chi connectivity index (χ2v) is 5.69. The van der Waals surface area contributed by atoms with Crippen molar-refractivity contribution in [2.24, 2.45) is 0 Å².